The summed E-state index contributed by atoms with van der Waals surface area (Å²) in [5.41, 5.74) is 3.94. The van der Waals surface area contributed by atoms with Crippen LogP contribution < -0.4 is 4.90 Å². The number of para-hydroxylation sites is 1. The van der Waals surface area contributed by atoms with E-state index < -0.39 is 0 Å². The zero-order chi connectivity index (χ0) is 20.2. The first-order valence-electron chi connectivity index (χ1n) is 9.56. The first-order chi connectivity index (χ1) is 14.2. The Labute approximate surface area is 169 Å². The van der Waals surface area contributed by atoms with E-state index in [-0.39, 0.29) is 5.97 Å². The van der Waals surface area contributed by atoms with Gasteiger partial charge in [-0.25, -0.2) is 9.78 Å². The Kier molecular flexibility index (Phi) is 5.40. The van der Waals surface area contributed by atoms with E-state index in [1.165, 1.54) is 7.11 Å². The second-order valence-corrected chi connectivity index (χ2v) is 7.07. The van der Waals surface area contributed by atoms with Crippen LogP contribution >= 0.6 is 0 Å². The summed E-state index contributed by atoms with van der Waals surface area (Å²) in [5.74, 6) is 0.522. The quantitative estimate of drug-likeness (QED) is 0.515. The molecule has 0 bridgehead atoms. The summed E-state index contributed by atoms with van der Waals surface area (Å²) in [6.45, 7) is 1.26. The van der Waals surface area contributed by atoms with Crippen LogP contribution in [0.15, 0.2) is 77.4 Å². The van der Waals surface area contributed by atoms with E-state index in [4.69, 9.17) is 14.1 Å². The molecule has 1 N–H and O–H groups in total. The van der Waals surface area contributed by atoms with Crippen molar-refractivity contribution in [1.82, 2.24) is 4.98 Å². The largest absolute Gasteiger partial charge is 0.465 e. The monoisotopic (exact) mass is 387 g/mol. The number of hydrogen-bond donors (Lipinski definition) is 1. The van der Waals surface area contributed by atoms with Gasteiger partial charge in [-0.1, -0.05) is 48.5 Å². The van der Waals surface area contributed by atoms with Crippen LogP contribution in [0.5, 0.6) is 0 Å². The molecule has 0 aliphatic heterocycles. The molecular weight excluding hydrogens is 364 g/mol. The Morgan fingerprint density at radius 2 is 1.76 bits per heavy atom. The highest BCUT2D eigenvalue weighted by atomic mass is 16.5. The number of carbonyl (C=O) groups is 1. The van der Waals surface area contributed by atoms with Crippen LogP contribution in [0.25, 0.3) is 22.0 Å². The molecule has 0 saturated carbocycles. The van der Waals surface area contributed by atoms with Crippen LogP contribution in [0, 0.1) is 0 Å². The number of furan rings is 1. The fourth-order valence-electron chi connectivity index (χ4n) is 3.68. The number of quaternary nitrogens is 1. The highest BCUT2D eigenvalue weighted by molar-refractivity contribution is 6.07. The molecule has 2 aromatic carbocycles. The number of pyridine rings is 1. The molecule has 0 aliphatic carbocycles. The summed E-state index contributed by atoms with van der Waals surface area (Å²) in [5, 5.41) is 0.937. The number of nitrogens with zero attached hydrogens (tertiary/aromatic N) is 1. The molecule has 0 saturated heterocycles. The number of carbonyl (C=O) groups excluding carboxylic acids is 1. The van der Waals surface area contributed by atoms with Gasteiger partial charge >= 0.3 is 5.97 Å². The third-order valence-electron chi connectivity index (χ3n) is 4.94. The van der Waals surface area contributed by atoms with Gasteiger partial charge in [0.25, 0.3) is 0 Å². The Balaban J connectivity index is 1.88. The smallest absolute Gasteiger partial charge is 0.340 e. The topological polar surface area (TPSA) is 56.8 Å². The first kappa shape index (κ1) is 18.9. The lowest BCUT2D eigenvalue weighted by atomic mass is 9.94. The predicted molar refractivity (Wildman–Crippen MR) is 112 cm³/mol. The van der Waals surface area contributed by atoms with E-state index >= 15 is 0 Å². The van der Waals surface area contributed by atoms with Gasteiger partial charge in [-0.05, 0) is 23.8 Å². The lowest BCUT2D eigenvalue weighted by molar-refractivity contribution is -0.909. The third-order valence-corrected chi connectivity index (χ3v) is 4.94. The van der Waals surface area contributed by atoms with Crippen molar-refractivity contribution in [3.63, 3.8) is 0 Å². The SMILES string of the molecule is COC(=O)c1c(C[NH+](C)Cc2ccco2)nc2ccccc2c1-c1ccccc1. The molecule has 146 valence electrons. The van der Waals surface area contributed by atoms with Crippen molar-refractivity contribution >= 4 is 16.9 Å². The van der Waals surface area contributed by atoms with Crippen molar-refractivity contribution in [3.05, 3.63) is 90.0 Å². The molecule has 0 radical (unpaired) electrons. The molecule has 5 nitrogen and oxygen atoms in total. The first-order valence-corrected chi connectivity index (χ1v) is 9.56. The lowest BCUT2D eigenvalue weighted by Crippen LogP contribution is -3.06. The van der Waals surface area contributed by atoms with Gasteiger partial charge in [-0.3, -0.25) is 0 Å². The second-order valence-electron chi connectivity index (χ2n) is 7.07. The van der Waals surface area contributed by atoms with Crippen molar-refractivity contribution in [2.45, 2.75) is 13.1 Å². The van der Waals surface area contributed by atoms with Gasteiger partial charge in [0.2, 0.25) is 0 Å². The number of esters is 1. The number of ether oxygens (including phenoxy) is 1. The summed E-state index contributed by atoms with van der Waals surface area (Å²) >= 11 is 0. The molecule has 2 heterocycles. The number of aromatic nitrogens is 1. The Morgan fingerprint density at radius 1 is 1.00 bits per heavy atom. The molecular formula is C24H23N2O3+. The predicted octanol–water partition coefficient (Wildman–Crippen LogP) is 3.50. The summed E-state index contributed by atoms with van der Waals surface area (Å²) in [7, 11) is 3.47. The molecule has 29 heavy (non-hydrogen) atoms. The number of nitrogens with one attached hydrogen (secondary N) is 1. The van der Waals surface area contributed by atoms with Gasteiger partial charge in [-0.15, -0.1) is 0 Å². The maximum atomic E-state index is 12.9. The number of benzene rings is 2. The Bertz CT molecular complexity index is 1120. The molecule has 1 atom stereocenters. The molecule has 0 spiro atoms. The maximum absolute atomic E-state index is 12.9. The van der Waals surface area contributed by atoms with Gasteiger partial charge in [0.05, 0.1) is 31.5 Å². The minimum absolute atomic E-state index is 0.372. The van der Waals surface area contributed by atoms with Gasteiger partial charge in [0.15, 0.2) is 5.76 Å². The van der Waals surface area contributed by atoms with Crippen LogP contribution in [0.3, 0.4) is 0 Å². The zero-order valence-electron chi connectivity index (χ0n) is 16.5. The molecule has 0 aliphatic rings. The summed E-state index contributed by atoms with van der Waals surface area (Å²) in [6.07, 6.45) is 1.67. The Hall–Kier alpha value is -3.44. The third kappa shape index (κ3) is 3.91. The Morgan fingerprint density at radius 3 is 2.48 bits per heavy atom. The summed E-state index contributed by atoms with van der Waals surface area (Å²) in [4.78, 5) is 18.9. The highest BCUT2D eigenvalue weighted by Crippen LogP contribution is 2.33. The van der Waals surface area contributed by atoms with Crippen LogP contribution in [0.4, 0.5) is 0 Å². The van der Waals surface area contributed by atoms with E-state index in [9.17, 15) is 4.79 Å². The van der Waals surface area contributed by atoms with Gasteiger partial charge in [0.1, 0.15) is 18.8 Å². The molecule has 4 rings (SSSR count). The van der Waals surface area contributed by atoms with Crippen molar-refractivity contribution in [2.75, 3.05) is 14.2 Å². The standard InChI is InChI=1S/C24H22N2O3/c1-26(15-18-11-8-14-29-18)16-21-23(24(27)28-2)22(17-9-4-3-5-10-17)19-12-6-7-13-20(19)25-21/h3-14H,15-16H2,1-2H3/p+1. The van der Waals surface area contributed by atoms with Crippen LogP contribution in [0.1, 0.15) is 21.8 Å². The van der Waals surface area contributed by atoms with Crippen LogP contribution in [-0.2, 0) is 17.8 Å². The van der Waals surface area contributed by atoms with E-state index in [1.807, 2.05) is 66.7 Å². The van der Waals surface area contributed by atoms with Gasteiger partial charge in [-0.2, -0.15) is 0 Å². The minimum atomic E-state index is -0.372. The lowest BCUT2D eigenvalue weighted by Gasteiger charge is -2.18. The van der Waals surface area contributed by atoms with Crippen LogP contribution in [0.2, 0.25) is 0 Å². The number of methoxy groups -OCH3 is 1. The van der Waals surface area contributed by atoms with E-state index in [2.05, 4.69) is 7.05 Å². The summed E-state index contributed by atoms with van der Waals surface area (Å²) in [6, 6.07) is 21.7. The minimum Gasteiger partial charge on any atom is -0.465 e. The molecule has 4 aromatic rings. The van der Waals surface area contributed by atoms with Crippen LogP contribution in [-0.4, -0.2) is 25.1 Å². The average molecular weight is 387 g/mol. The summed E-state index contributed by atoms with van der Waals surface area (Å²) < 4.78 is 10.6. The fourth-order valence-corrected chi connectivity index (χ4v) is 3.68. The van der Waals surface area contributed by atoms with Gasteiger partial charge < -0.3 is 14.1 Å². The number of hydrogen-bond acceptors (Lipinski definition) is 4. The number of fused-ring (bicyclic) bond motifs is 1. The highest BCUT2D eigenvalue weighted by Gasteiger charge is 2.25. The normalized spacial score (nSPS) is 12.1. The molecule has 2 aromatic heterocycles. The molecule has 1 unspecified atom stereocenters. The number of rotatable bonds is 6. The fraction of sp³-hybridized carbons (Fsp3) is 0.167. The maximum Gasteiger partial charge on any atom is 0.340 e. The zero-order valence-corrected chi connectivity index (χ0v) is 16.5. The second kappa shape index (κ2) is 8.29. The van der Waals surface area contributed by atoms with E-state index in [0.717, 1.165) is 38.4 Å². The van der Waals surface area contributed by atoms with Crippen molar-refractivity contribution in [2.24, 2.45) is 0 Å². The average Bonchev–Trinajstić information content (AvgIpc) is 3.25. The molecule has 0 amide bonds. The van der Waals surface area contributed by atoms with Gasteiger partial charge in [0, 0.05) is 10.9 Å². The van der Waals surface area contributed by atoms with E-state index in [1.54, 1.807) is 6.26 Å². The van der Waals surface area contributed by atoms with E-state index in [0.29, 0.717) is 18.7 Å². The molecule has 5 heteroatoms. The van der Waals surface area contributed by atoms with Crippen molar-refractivity contribution in [3.8, 4) is 11.1 Å². The van der Waals surface area contributed by atoms with Crippen molar-refractivity contribution < 1.29 is 18.8 Å². The van der Waals surface area contributed by atoms with Crippen molar-refractivity contribution in [1.29, 1.82) is 0 Å². The molecule has 0 fully saturated rings.